The van der Waals surface area contributed by atoms with Crippen molar-refractivity contribution in [1.29, 1.82) is 0 Å². The molecule has 6 heteroatoms. The van der Waals surface area contributed by atoms with Crippen LogP contribution in [0.4, 0.5) is 10.1 Å². The molecule has 0 radical (unpaired) electrons. The molecule has 2 rings (SSSR count). The first-order valence-corrected chi connectivity index (χ1v) is 6.43. The summed E-state index contributed by atoms with van der Waals surface area (Å²) in [7, 11) is 0. The van der Waals surface area contributed by atoms with Gasteiger partial charge in [0.05, 0.1) is 5.69 Å². The SMILES string of the molecule is CCc1cn(CCNc2ccccc2F)c(=O)[nH]c1=O. The molecule has 0 amide bonds. The number of hydrogen-bond acceptors (Lipinski definition) is 3. The highest BCUT2D eigenvalue weighted by molar-refractivity contribution is 5.44. The van der Waals surface area contributed by atoms with Crippen LogP contribution >= 0.6 is 0 Å². The van der Waals surface area contributed by atoms with E-state index in [1.807, 2.05) is 6.92 Å². The number of aromatic nitrogens is 2. The summed E-state index contributed by atoms with van der Waals surface area (Å²) in [5.41, 5.74) is 0.134. The number of nitrogens with zero attached hydrogens (tertiary/aromatic N) is 1. The number of para-hydroxylation sites is 1. The molecule has 1 aromatic heterocycles. The lowest BCUT2D eigenvalue weighted by molar-refractivity contribution is 0.624. The van der Waals surface area contributed by atoms with E-state index in [1.165, 1.54) is 10.6 Å². The molecule has 106 valence electrons. The fraction of sp³-hybridized carbons (Fsp3) is 0.286. The topological polar surface area (TPSA) is 66.9 Å². The fourth-order valence-electron chi connectivity index (χ4n) is 1.89. The van der Waals surface area contributed by atoms with Crippen LogP contribution in [-0.2, 0) is 13.0 Å². The minimum Gasteiger partial charge on any atom is -0.381 e. The number of nitrogens with one attached hydrogen (secondary N) is 2. The van der Waals surface area contributed by atoms with E-state index in [0.29, 0.717) is 30.8 Å². The molecule has 20 heavy (non-hydrogen) atoms. The lowest BCUT2D eigenvalue weighted by atomic mass is 10.2. The van der Waals surface area contributed by atoms with Crippen LogP contribution in [-0.4, -0.2) is 16.1 Å². The van der Waals surface area contributed by atoms with Gasteiger partial charge in [0.1, 0.15) is 5.82 Å². The molecular weight excluding hydrogens is 261 g/mol. The van der Waals surface area contributed by atoms with Crippen LogP contribution in [0.1, 0.15) is 12.5 Å². The average molecular weight is 277 g/mol. The molecule has 0 atom stereocenters. The molecule has 0 fully saturated rings. The predicted molar refractivity (Wildman–Crippen MR) is 75.6 cm³/mol. The van der Waals surface area contributed by atoms with E-state index < -0.39 is 5.69 Å². The normalized spacial score (nSPS) is 10.5. The summed E-state index contributed by atoms with van der Waals surface area (Å²) in [4.78, 5) is 25.3. The smallest absolute Gasteiger partial charge is 0.328 e. The van der Waals surface area contributed by atoms with Crippen molar-refractivity contribution in [3.63, 3.8) is 0 Å². The summed E-state index contributed by atoms with van der Waals surface area (Å²) in [5.74, 6) is -0.337. The molecular formula is C14H16FN3O2. The maximum Gasteiger partial charge on any atom is 0.328 e. The Bertz CT molecular complexity index is 706. The number of halogens is 1. The Balaban J connectivity index is 2.07. The zero-order valence-electron chi connectivity index (χ0n) is 11.1. The number of anilines is 1. The number of benzene rings is 1. The van der Waals surface area contributed by atoms with E-state index in [0.717, 1.165) is 0 Å². The molecule has 1 aromatic carbocycles. The summed E-state index contributed by atoms with van der Waals surface area (Å²) in [6.07, 6.45) is 2.10. The Hall–Kier alpha value is -2.37. The van der Waals surface area contributed by atoms with Gasteiger partial charge in [0.15, 0.2) is 0 Å². The van der Waals surface area contributed by atoms with Gasteiger partial charge in [0.25, 0.3) is 5.56 Å². The van der Waals surface area contributed by atoms with Crippen molar-refractivity contribution in [2.45, 2.75) is 19.9 Å². The van der Waals surface area contributed by atoms with Gasteiger partial charge < -0.3 is 5.32 Å². The zero-order valence-corrected chi connectivity index (χ0v) is 11.1. The van der Waals surface area contributed by atoms with E-state index in [9.17, 15) is 14.0 Å². The van der Waals surface area contributed by atoms with E-state index in [-0.39, 0.29) is 11.4 Å². The van der Waals surface area contributed by atoms with Crippen molar-refractivity contribution < 1.29 is 4.39 Å². The zero-order chi connectivity index (χ0) is 14.5. The standard InChI is InChI=1S/C14H16FN3O2/c1-2-10-9-18(14(20)17-13(10)19)8-7-16-12-6-4-3-5-11(12)15/h3-6,9,16H,2,7-8H2,1H3,(H,17,19,20). The van der Waals surface area contributed by atoms with Crippen molar-refractivity contribution in [3.05, 3.63) is 62.7 Å². The van der Waals surface area contributed by atoms with Crippen LogP contribution in [0.5, 0.6) is 0 Å². The number of H-pyrrole nitrogens is 1. The Morgan fingerprint density at radius 3 is 2.75 bits per heavy atom. The second kappa shape index (κ2) is 6.18. The number of aromatic amines is 1. The van der Waals surface area contributed by atoms with E-state index in [4.69, 9.17) is 0 Å². The van der Waals surface area contributed by atoms with Crippen molar-refractivity contribution >= 4 is 5.69 Å². The summed E-state index contributed by atoms with van der Waals surface area (Å²) in [5, 5.41) is 2.91. The Kier molecular flexibility index (Phi) is 4.34. The summed E-state index contributed by atoms with van der Waals surface area (Å²) < 4.78 is 14.8. The predicted octanol–water partition coefficient (Wildman–Crippen LogP) is 1.35. The summed E-state index contributed by atoms with van der Waals surface area (Å²) in [6.45, 7) is 2.57. The van der Waals surface area contributed by atoms with Crippen LogP contribution in [0.15, 0.2) is 40.1 Å². The monoisotopic (exact) mass is 277 g/mol. The quantitative estimate of drug-likeness (QED) is 0.867. The molecule has 1 heterocycles. The van der Waals surface area contributed by atoms with Crippen molar-refractivity contribution in [2.24, 2.45) is 0 Å². The molecule has 0 saturated heterocycles. The number of rotatable bonds is 5. The van der Waals surface area contributed by atoms with Gasteiger partial charge in [-0.25, -0.2) is 9.18 Å². The third-order valence-corrected chi connectivity index (χ3v) is 3.01. The van der Waals surface area contributed by atoms with Crippen LogP contribution in [0.2, 0.25) is 0 Å². The Morgan fingerprint density at radius 2 is 2.05 bits per heavy atom. The van der Waals surface area contributed by atoms with Gasteiger partial charge in [0.2, 0.25) is 0 Å². The molecule has 0 saturated carbocycles. The first-order valence-electron chi connectivity index (χ1n) is 6.43. The highest BCUT2D eigenvalue weighted by Crippen LogP contribution is 2.11. The van der Waals surface area contributed by atoms with Gasteiger partial charge >= 0.3 is 5.69 Å². The van der Waals surface area contributed by atoms with Crippen LogP contribution < -0.4 is 16.6 Å². The van der Waals surface area contributed by atoms with Gasteiger partial charge in [-0.3, -0.25) is 14.3 Å². The van der Waals surface area contributed by atoms with Gasteiger partial charge in [-0.15, -0.1) is 0 Å². The largest absolute Gasteiger partial charge is 0.381 e. The molecule has 0 aliphatic heterocycles. The number of aryl methyl sites for hydroxylation is 1. The Morgan fingerprint density at radius 1 is 1.30 bits per heavy atom. The van der Waals surface area contributed by atoms with Crippen LogP contribution in [0.25, 0.3) is 0 Å². The van der Waals surface area contributed by atoms with Gasteiger partial charge in [-0.05, 0) is 18.6 Å². The number of hydrogen-bond donors (Lipinski definition) is 2. The first-order chi connectivity index (χ1) is 9.61. The third-order valence-electron chi connectivity index (χ3n) is 3.01. The fourth-order valence-corrected chi connectivity index (χ4v) is 1.89. The maximum absolute atomic E-state index is 13.4. The highest BCUT2D eigenvalue weighted by atomic mass is 19.1. The van der Waals surface area contributed by atoms with E-state index in [2.05, 4.69) is 10.3 Å². The van der Waals surface area contributed by atoms with Gasteiger partial charge in [-0.2, -0.15) is 0 Å². The van der Waals surface area contributed by atoms with Crippen LogP contribution in [0.3, 0.4) is 0 Å². The molecule has 2 aromatic rings. The van der Waals surface area contributed by atoms with Crippen molar-refractivity contribution in [1.82, 2.24) is 9.55 Å². The third kappa shape index (κ3) is 3.14. The molecule has 2 N–H and O–H groups in total. The minimum absolute atomic E-state index is 0.337. The lowest BCUT2D eigenvalue weighted by Crippen LogP contribution is -2.33. The lowest BCUT2D eigenvalue weighted by Gasteiger charge is -2.09. The second-order valence-electron chi connectivity index (χ2n) is 4.37. The molecule has 0 unspecified atom stereocenters. The molecule has 0 bridgehead atoms. The summed E-state index contributed by atoms with van der Waals surface area (Å²) in [6, 6.07) is 6.33. The van der Waals surface area contributed by atoms with E-state index in [1.54, 1.807) is 24.4 Å². The van der Waals surface area contributed by atoms with Gasteiger partial charge in [-0.1, -0.05) is 19.1 Å². The molecule has 0 aliphatic carbocycles. The highest BCUT2D eigenvalue weighted by Gasteiger charge is 2.03. The van der Waals surface area contributed by atoms with Crippen molar-refractivity contribution in [3.8, 4) is 0 Å². The van der Waals surface area contributed by atoms with Crippen molar-refractivity contribution in [2.75, 3.05) is 11.9 Å². The average Bonchev–Trinajstić information content (AvgIpc) is 2.43. The maximum atomic E-state index is 13.4. The van der Waals surface area contributed by atoms with E-state index >= 15 is 0 Å². The molecule has 5 nitrogen and oxygen atoms in total. The summed E-state index contributed by atoms with van der Waals surface area (Å²) >= 11 is 0. The Labute approximate surface area is 115 Å². The second-order valence-corrected chi connectivity index (χ2v) is 4.37. The molecule has 0 aliphatic rings. The van der Waals surface area contributed by atoms with Gasteiger partial charge in [0, 0.05) is 24.8 Å². The molecule has 0 spiro atoms. The van der Waals surface area contributed by atoms with Crippen LogP contribution in [0, 0.1) is 5.82 Å². The first kappa shape index (κ1) is 14.0. The minimum atomic E-state index is -0.456.